The van der Waals surface area contributed by atoms with Gasteiger partial charge in [0, 0.05) is 35.2 Å². The topological polar surface area (TPSA) is 51.2 Å². The van der Waals surface area contributed by atoms with Gasteiger partial charge in [-0.15, -0.1) is 12.6 Å². The minimum Gasteiger partial charge on any atom is -0.376 e. The lowest BCUT2D eigenvalue weighted by Gasteiger charge is -2.11. The Balaban J connectivity index is 1.77. The molecule has 0 radical (unpaired) electrons. The van der Waals surface area contributed by atoms with Gasteiger partial charge in [-0.3, -0.25) is 9.78 Å². The maximum absolute atomic E-state index is 12.2. The molecule has 1 fully saturated rings. The molecular formula is C15H16N2O2S. The Morgan fingerprint density at radius 2 is 2.40 bits per heavy atom. The van der Waals surface area contributed by atoms with E-state index in [4.69, 9.17) is 4.74 Å². The molecule has 4 nitrogen and oxygen atoms in total. The number of thiol groups is 1. The number of fused-ring (bicyclic) bond motifs is 1. The number of aromatic nitrogens is 1. The first-order valence-electron chi connectivity index (χ1n) is 6.71. The van der Waals surface area contributed by atoms with Crippen LogP contribution in [-0.2, 0) is 4.74 Å². The van der Waals surface area contributed by atoms with Gasteiger partial charge >= 0.3 is 0 Å². The number of nitrogens with zero attached hydrogens (tertiary/aromatic N) is 1. The number of carbonyl (C=O) groups excluding carboxylic acids is 1. The van der Waals surface area contributed by atoms with Crippen molar-refractivity contribution in [3.05, 3.63) is 36.0 Å². The van der Waals surface area contributed by atoms with Crippen LogP contribution in [0.15, 0.2) is 35.4 Å². The first kappa shape index (κ1) is 13.4. The highest BCUT2D eigenvalue weighted by Crippen LogP contribution is 2.22. The predicted octanol–water partition coefficient (Wildman–Crippen LogP) is 2.43. The summed E-state index contributed by atoms with van der Waals surface area (Å²) in [5.74, 6) is -0.0958. The lowest BCUT2D eigenvalue weighted by molar-refractivity contribution is 0.0857. The minimum absolute atomic E-state index is 0.0958. The maximum atomic E-state index is 12.2. The third-order valence-corrected chi connectivity index (χ3v) is 3.80. The number of nitrogens with one attached hydrogen (secondary N) is 1. The summed E-state index contributed by atoms with van der Waals surface area (Å²) in [6, 6.07) is 7.37. The van der Waals surface area contributed by atoms with Gasteiger partial charge in [0.2, 0.25) is 0 Å². The van der Waals surface area contributed by atoms with Gasteiger partial charge < -0.3 is 10.1 Å². The molecule has 20 heavy (non-hydrogen) atoms. The highest BCUT2D eigenvalue weighted by molar-refractivity contribution is 7.80. The summed E-state index contributed by atoms with van der Waals surface area (Å²) in [5.41, 5.74) is 1.42. The molecule has 1 aliphatic heterocycles. The van der Waals surface area contributed by atoms with Crippen molar-refractivity contribution in [2.45, 2.75) is 23.8 Å². The summed E-state index contributed by atoms with van der Waals surface area (Å²) in [7, 11) is 0. The van der Waals surface area contributed by atoms with Crippen LogP contribution >= 0.6 is 12.6 Å². The van der Waals surface area contributed by atoms with Crippen LogP contribution in [0.25, 0.3) is 10.9 Å². The third kappa shape index (κ3) is 2.78. The molecule has 1 aromatic carbocycles. The van der Waals surface area contributed by atoms with Gasteiger partial charge in [-0.25, -0.2) is 0 Å². The van der Waals surface area contributed by atoms with Crippen molar-refractivity contribution in [2.75, 3.05) is 13.2 Å². The molecule has 1 saturated heterocycles. The molecule has 1 N–H and O–H groups in total. The number of hydrogen-bond donors (Lipinski definition) is 2. The molecule has 1 aromatic heterocycles. The van der Waals surface area contributed by atoms with Crippen LogP contribution in [0.4, 0.5) is 0 Å². The van der Waals surface area contributed by atoms with Crippen LogP contribution < -0.4 is 5.32 Å². The minimum atomic E-state index is -0.0958. The summed E-state index contributed by atoms with van der Waals surface area (Å²) < 4.78 is 5.49. The summed E-state index contributed by atoms with van der Waals surface area (Å²) >= 11 is 4.40. The Morgan fingerprint density at radius 3 is 3.20 bits per heavy atom. The zero-order chi connectivity index (χ0) is 13.9. The molecule has 3 rings (SSSR count). The lowest BCUT2D eigenvalue weighted by Crippen LogP contribution is -2.31. The molecule has 2 aromatic rings. The van der Waals surface area contributed by atoms with Crippen LogP contribution in [0, 0.1) is 0 Å². The number of carbonyl (C=O) groups is 1. The molecule has 0 spiro atoms. The molecule has 0 bridgehead atoms. The van der Waals surface area contributed by atoms with Crippen molar-refractivity contribution in [3.63, 3.8) is 0 Å². The first-order valence-corrected chi connectivity index (χ1v) is 7.16. The second-order valence-corrected chi connectivity index (χ2v) is 5.40. The van der Waals surface area contributed by atoms with E-state index < -0.39 is 0 Å². The Hall–Kier alpha value is -1.59. The highest BCUT2D eigenvalue weighted by Gasteiger charge is 2.17. The normalized spacial score (nSPS) is 18.4. The fraction of sp³-hybridized carbons (Fsp3) is 0.333. The van der Waals surface area contributed by atoms with Crippen molar-refractivity contribution in [2.24, 2.45) is 0 Å². The van der Waals surface area contributed by atoms with Crippen LogP contribution in [0.2, 0.25) is 0 Å². The number of benzene rings is 1. The van der Waals surface area contributed by atoms with E-state index in [1.807, 2.05) is 18.2 Å². The largest absolute Gasteiger partial charge is 0.376 e. The average molecular weight is 288 g/mol. The van der Waals surface area contributed by atoms with E-state index in [0.29, 0.717) is 17.0 Å². The molecule has 1 amide bonds. The van der Waals surface area contributed by atoms with Crippen LogP contribution in [0.3, 0.4) is 0 Å². The van der Waals surface area contributed by atoms with E-state index in [1.54, 1.807) is 12.3 Å². The lowest BCUT2D eigenvalue weighted by atomic mass is 10.1. The van der Waals surface area contributed by atoms with E-state index in [9.17, 15) is 4.79 Å². The maximum Gasteiger partial charge on any atom is 0.251 e. The van der Waals surface area contributed by atoms with E-state index in [1.165, 1.54) is 0 Å². The molecule has 1 aliphatic rings. The van der Waals surface area contributed by atoms with Gasteiger partial charge in [-0.05, 0) is 31.0 Å². The number of pyridine rings is 1. The standard InChI is InChI=1S/C15H16N2O2S/c18-15(17-9-12-4-2-6-19-12)11-7-10-3-1-5-16-14(10)13(20)8-11/h1,3,5,7-8,12,20H,2,4,6,9H2,(H,17,18). The molecule has 1 unspecified atom stereocenters. The van der Waals surface area contributed by atoms with E-state index in [-0.39, 0.29) is 12.0 Å². The summed E-state index contributed by atoms with van der Waals surface area (Å²) in [6.07, 6.45) is 3.96. The van der Waals surface area contributed by atoms with Gasteiger partial charge in [-0.1, -0.05) is 6.07 Å². The number of ether oxygens (including phenoxy) is 1. The van der Waals surface area contributed by atoms with E-state index in [0.717, 1.165) is 30.4 Å². The number of amides is 1. The van der Waals surface area contributed by atoms with Gasteiger partial charge in [0.05, 0.1) is 11.6 Å². The van der Waals surface area contributed by atoms with Gasteiger partial charge in [-0.2, -0.15) is 0 Å². The molecule has 1 atom stereocenters. The zero-order valence-corrected chi connectivity index (χ0v) is 11.9. The Morgan fingerprint density at radius 1 is 1.50 bits per heavy atom. The molecule has 2 heterocycles. The van der Waals surface area contributed by atoms with Gasteiger partial charge in [0.1, 0.15) is 0 Å². The van der Waals surface area contributed by atoms with Crippen LogP contribution in [-0.4, -0.2) is 30.1 Å². The van der Waals surface area contributed by atoms with Gasteiger partial charge in [0.15, 0.2) is 0 Å². The fourth-order valence-electron chi connectivity index (χ4n) is 2.42. The van der Waals surface area contributed by atoms with Crippen LogP contribution in [0.5, 0.6) is 0 Å². The molecular weight excluding hydrogens is 272 g/mol. The molecule has 104 valence electrons. The van der Waals surface area contributed by atoms with Crippen LogP contribution in [0.1, 0.15) is 23.2 Å². The number of hydrogen-bond acceptors (Lipinski definition) is 4. The van der Waals surface area contributed by atoms with Crippen molar-refractivity contribution >= 4 is 29.4 Å². The second-order valence-electron chi connectivity index (χ2n) is 4.92. The molecule has 0 aliphatic carbocycles. The third-order valence-electron chi connectivity index (χ3n) is 3.46. The first-order chi connectivity index (χ1) is 9.74. The van der Waals surface area contributed by atoms with E-state index >= 15 is 0 Å². The highest BCUT2D eigenvalue weighted by atomic mass is 32.1. The van der Waals surface area contributed by atoms with Crippen molar-refractivity contribution in [1.82, 2.24) is 10.3 Å². The fourth-order valence-corrected chi connectivity index (χ4v) is 2.74. The summed E-state index contributed by atoms with van der Waals surface area (Å²) in [4.78, 5) is 17.2. The van der Waals surface area contributed by atoms with Crippen molar-refractivity contribution in [1.29, 1.82) is 0 Å². The van der Waals surface area contributed by atoms with Gasteiger partial charge in [0.25, 0.3) is 5.91 Å². The Labute approximate surface area is 122 Å². The summed E-state index contributed by atoms with van der Waals surface area (Å²) in [6.45, 7) is 1.36. The quantitative estimate of drug-likeness (QED) is 0.853. The zero-order valence-electron chi connectivity index (χ0n) is 11.0. The molecule has 0 saturated carbocycles. The SMILES string of the molecule is O=C(NCC1CCCO1)c1cc(S)c2ncccc2c1. The van der Waals surface area contributed by atoms with E-state index in [2.05, 4.69) is 22.9 Å². The monoisotopic (exact) mass is 288 g/mol. The molecule has 5 heteroatoms. The predicted molar refractivity (Wildman–Crippen MR) is 80.3 cm³/mol. The average Bonchev–Trinajstić information content (AvgIpc) is 2.98. The Bertz CT molecular complexity index is 639. The van der Waals surface area contributed by atoms with Crippen molar-refractivity contribution in [3.8, 4) is 0 Å². The van der Waals surface area contributed by atoms with Crippen molar-refractivity contribution < 1.29 is 9.53 Å². The smallest absolute Gasteiger partial charge is 0.251 e. The summed E-state index contributed by atoms with van der Waals surface area (Å²) in [5, 5.41) is 3.83. The Kier molecular flexibility index (Phi) is 3.89. The number of rotatable bonds is 3. The second kappa shape index (κ2) is 5.81.